The Balaban J connectivity index is 3.39. The van der Waals surface area contributed by atoms with Crippen molar-refractivity contribution < 1.29 is 22.4 Å². The van der Waals surface area contributed by atoms with Crippen molar-refractivity contribution in [3.05, 3.63) is 71.1 Å². The van der Waals surface area contributed by atoms with Crippen LogP contribution in [0.5, 0.6) is 0 Å². The summed E-state index contributed by atoms with van der Waals surface area (Å²) in [6.07, 6.45) is 1.08. The van der Waals surface area contributed by atoms with Gasteiger partial charge >= 0.3 is 6.18 Å². The van der Waals surface area contributed by atoms with Crippen molar-refractivity contribution in [3.8, 4) is 0 Å². The highest BCUT2D eigenvalue weighted by atomic mass is 19.4. The Kier molecular flexibility index (Phi) is 7.96. The van der Waals surface area contributed by atoms with E-state index in [1.165, 1.54) is 31.2 Å². The van der Waals surface area contributed by atoms with Crippen molar-refractivity contribution in [1.29, 1.82) is 0 Å². The number of allylic oxidation sites excluding steroid dienone is 4. The van der Waals surface area contributed by atoms with Crippen LogP contribution in [0.15, 0.2) is 64.7 Å². The number of hydrogen-bond donors (Lipinski definition) is 1. The Morgan fingerprint density at radius 1 is 1.19 bits per heavy atom. The highest BCUT2D eigenvalue weighted by Crippen LogP contribution is 2.30. The van der Waals surface area contributed by atoms with Gasteiger partial charge in [-0.2, -0.15) is 18.2 Å². The first-order valence-corrected chi connectivity index (χ1v) is 7.95. The molecule has 1 amide bonds. The molecule has 0 heterocycles. The van der Waals surface area contributed by atoms with Gasteiger partial charge in [-0.15, -0.1) is 0 Å². The van der Waals surface area contributed by atoms with Crippen LogP contribution in [-0.4, -0.2) is 17.9 Å². The lowest BCUT2D eigenvalue weighted by Gasteiger charge is -2.11. The first kappa shape index (κ1) is 21.3. The number of alkyl halides is 3. The van der Waals surface area contributed by atoms with Crippen LogP contribution in [0.25, 0.3) is 0 Å². The average Bonchev–Trinajstić information content (AvgIpc) is 2.56. The number of hydrogen-bond acceptors (Lipinski definition) is 1. The minimum atomic E-state index is -4.73. The first-order chi connectivity index (χ1) is 12.2. The maximum absolute atomic E-state index is 13.3. The molecule has 0 aliphatic rings. The fourth-order valence-electron chi connectivity index (χ4n) is 2.00. The summed E-state index contributed by atoms with van der Waals surface area (Å²) in [5.74, 6) is -1.92. The number of carbonyl (C=O) groups excluding carboxylic acids is 1. The number of nitrogens with zero attached hydrogens (tertiary/aromatic N) is 1. The summed E-state index contributed by atoms with van der Waals surface area (Å²) < 4.78 is 52.9. The number of nitrogens with two attached hydrogens (primary N) is 1. The molecule has 1 aromatic rings. The third kappa shape index (κ3) is 6.31. The van der Waals surface area contributed by atoms with Crippen molar-refractivity contribution >= 4 is 11.7 Å². The topological polar surface area (TPSA) is 55.5 Å². The Hall–Kier alpha value is -2.70. The highest BCUT2D eigenvalue weighted by molar-refractivity contribution is 6.10. The zero-order chi connectivity index (χ0) is 19.7. The van der Waals surface area contributed by atoms with Gasteiger partial charge < -0.3 is 5.73 Å². The molecule has 0 spiro atoms. The summed E-state index contributed by atoms with van der Waals surface area (Å²) >= 11 is 0. The number of amidine groups is 1. The van der Waals surface area contributed by atoms with Gasteiger partial charge in [0.05, 0.1) is 11.1 Å². The molecular formula is C19H20F4N2O. The van der Waals surface area contributed by atoms with Crippen LogP contribution in [0.2, 0.25) is 0 Å². The molecule has 0 unspecified atom stereocenters. The molecule has 1 rings (SSSR count). The molecule has 0 saturated carbocycles. The van der Waals surface area contributed by atoms with Crippen molar-refractivity contribution in [2.75, 3.05) is 0 Å². The van der Waals surface area contributed by atoms with Gasteiger partial charge in [0.25, 0.3) is 5.91 Å². The van der Waals surface area contributed by atoms with Gasteiger partial charge in [-0.25, -0.2) is 4.39 Å². The van der Waals surface area contributed by atoms with Crippen LogP contribution in [0.1, 0.15) is 32.3 Å². The van der Waals surface area contributed by atoms with E-state index in [-0.39, 0.29) is 11.4 Å². The van der Waals surface area contributed by atoms with E-state index in [1.807, 2.05) is 6.92 Å². The van der Waals surface area contributed by atoms with Gasteiger partial charge in [-0.1, -0.05) is 37.6 Å². The predicted molar refractivity (Wildman–Crippen MR) is 94.1 cm³/mol. The van der Waals surface area contributed by atoms with Crippen LogP contribution >= 0.6 is 0 Å². The lowest BCUT2D eigenvalue weighted by atomic mass is 10.0. The number of amides is 1. The number of carbonyl (C=O) groups is 1. The van der Waals surface area contributed by atoms with E-state index >= 15 is 0 Å². The minimum Gasteiger partial charge on any atom is -0.383 e. The largest absolute Gasteiger partial charge is 0.417 e. The molecule has 0 radical (unpaired) electrons. The summed E-state index contributed by atoms with van der Waals surface area (Å²) in [4.78, 5) is 15.9. The molecular weight excluding hydrogens is 348 g/mol. The third-order valence-electron chi connectivity index (χ3n) is 3.26. The zero-order valence-corrected chi connectivity index (χ0v) is 14.5. The van der Waals surface area contributed by atoms with Gasteiger partial charge in [0.15, 0.2) is 0 Å². The molecule has 7 heteroatoms. The zero-order valence-electron chi connectivity index (χ0n) is 14.5. The maximum Gasteiger partial charge on any atom is 0.417 e. The van der Waals surface area contributed by atoms with E-state index in [0.717, 1.165) is 24.3 Å². The quantitative estimate of drug-likeness (QED) is 0.257. The second-order valence-electron chi connectivity index (χ2n) is 5.33. The minimum absolute atomic E-state index is 0.233. The average molecular weight is 368 g/mol. The number of halogens is 4. The SMILES string of the molecule is CC=CC(=C(C=CCCC)C(=O)N=C(N)c1ccc(F)cc1)C(F)(F)F. The normalized spacial score (nSPS) is 14.2. The maximum atomic E-state index is 13.3. The summed E-state index contributed by atoms with van der Waals surface area (Å²) in [5, 5.41) is 0. The van der Waals surface area contributed by atoms with Gasteiger partial charge in [0.2, 0.25) is 0 Å². The van der Waals surface area contributed by atoms with Crippen molar-refractivity contribution in [2.24, 2.45) is 10.7 Å². The van der Waals surface area contributed by atoms with E-state index in [1.54, 1.807) is 0 Å². The molecule has 0 fully saturated rings. The van der Waals surface area contributed by atoms with E-state index in [0.29, 0.717) is 12.8 Å². The second-order valence-corrected chi connectivity index (χ2v) is 5.33. The molecule has 0 aliphatic heterocycles. The van der Waals surface area contributed by atoms with E-state index < -0.39 is 29.0 Å². The molecule has 3 nitrogen and oxygen atoms in total. The van der Waals surface area contributed by atoms with Gasteiger partial charge in [-0.3, -0.25) is 4.79 Å². The van der Waals surface area contributed by atoms with Crippen LogP contribution in [0, 0.1) is 5.82 Å². The summed E-state index contributed by atoms with van der Waals surface area (Å²) in [6, 6.07) is 4.80. The van der Waals surface area contributed by atoms with Gasteiger partial charge in [0, 0.05) is 5.56 Å². The Labute approximate surface area is 149 Å². The summed E-state index contributed by atoms with van der Waals surface area (Å²) in [5.41, 5.74) is 4.21. The van der Waals surface area contributed by atoms with Crippen molar-refractivity contribution in [2.45, 2.75) is 32.9 Å². The van der Waals surface area contributed by atoms with Crippen LogP contribution in [0.4, 0.5) is 17.6 Å². The molecule has 2 N–H and O–H groups in total. The molecule has 0 aliphatic carbocycles. The second kappa shape index (κ2) is 9.70. The van der Waals surface area contributed by atoms with Gasteiger partial charge in [0.1, 0.15) is 11.7 Å². The van der Waals surface area contributed by atoms with Crippen LogP contribution < -0.4 is 5.73 Å². The smallest absolute Gasteiger partial charge is 0.383 e. The Morgan fingerprint density at radius 2 is 1.81 bits per heavy atom. The van der Waals surface area contributed by atoms with E-state index in [4.69, 9.17) is 5.73 Å². The lowest BCUT2D eigenvalue weighted by Crippen LogP contribution is -2.19. The number of unbranched alkanes of at least 4 members (excludes halogenated alkanes) is 1. The summed E-state index contributed by atoms with van der Waals surface area (Å²) in [6.45, 7) is 3.27. The Bertz CT molecular complexity index is 742. The third-order valence-corrected chi connectivity index (χ3v) is 3.26. The van der Waals surface area contributed by atoms with Crippen molar-refractivity contribution in [3.63, 3.8) is 0 Å². The molecule has 1 aromatic carbocycles. The monoisotopic (exact) mass is 368 g/mol. The molecule has 0 atom stereocenters. The molecule has 0 saturated heterocycles. The Morgan fingerprint density at radius 3 is 2.31 bits per heavy atom. The summed E-state index contributed by atoms with van der Waals surface area (Å²) in [7, 11) is 0. The molecule has 0 aromatic heterocycles. The number of aliphatic imine (C=N–C) groups is 1. The number of benzene rings is 1. The van der Waals surface area contributed by atoms with Crippen LogP contribution in [0.3, 0.4) is 0 Å². The highest BCUT2D eigenvalue weighted by Gasteiger charge is 2.35. The standard InChI is InChI=1S/C19H20F4N2O/c1-3-5-6-8-15(16(7-4-2)19(21,22)23)18(26)25-17(24)13-9-11-14(20)12-10-13/h4,6-12H,3,5H2,1-2H3,(H2,24,25,26). The lowest BCUT2D eigenvalue weighted by molar-refractivity contribution is -0.115. The number of rotatable bonds is 6. The molecule has 140 valence electrons. The molecule has 0 bridgehead atoms. The van der Waals surface area contributed by atoms with Gasteiger partial charge in [-0.05, 0) is 37.6 Å². The predicted octanol–water partition coefficient (Wildman–Crippen LogP) is 4.85. The van der Waals surface area contributed by atoms with Crippen molar-refractivity contribution in [1.82, 2.24) is 0 Å². The van der Waals surface area contributed by atoms with E-state index in [9.17, 15) is 22.4 Å². The van der Waals surface area contributed by atoms with E-state index in [2.05, 4.69) is 4.99 Å². The van der Waals surface area contributed by atoms with Crippen LogP contribution in [-0.2, 0) is 4.79 Å². The fourth-order valence-corrected chi connectivity index (χ4v) is 2.00. The first-order valence-electron chi connectivity index (χ1n) is 7.95. The molecule has 26 heavy (non-hydrogen) atoms. The fraction of sp³-hybridized carbons (Fsp3) is 0.263.